The minimum absolute atomic E-state index is 0.168. The van der Waals surface area contributed by atoms with Gasteiger partial charge in [-0.25, -0.2) is 0 Å². The number of thiophene rings is 1. The molecule has 78 valence electrons. The van der Waals surface area contributed by atoms with E-state index in [2.05, 4.69) is 36.8 Å². The summed E-state index contributed by atoms with van der Waals surface area (Å²) < 4.78 is 1.87. The normalized spacial score (nSPS) is 12.7. The van der Waals surface area contributed by atoms with Crippen molar-refractivity contribution in [3.8, 4) is 0 Å². The average Bonchev–Trinajstić information content (AvgIpc) is 2.69. The summed E-state index contributed by atoms with van der Waals surface area (Å²) in [6.07, 6.45) is 1.76. The highest BCUT2D eigenvalue weighted by Crippen LogP contribution is 2.28. The van der Waals surface area contributed by atoms with Crippen LogP contribution in [0.2, 0.25) is 0 Å². The molecule has 2 aromatic heterocycles. The molecule has 0 aliphatic heterocycles. The molecule has 1 atom stereocenters. The molecule has 2 aromatic rings. The van der Waals surface area contributed by atoms with Crippen molar-refractivity contribution in [3.05, 3.63) is 49.3 Å². The zero-order valence-corrected chi connectivity index (χ0v) is 11.6. The lowest BCUT2D eigenvalue weighted by Gasteiger charge is -2.11. The molecule has 2 nitrogen and oxygen atoms in total. The first-order chi connectivity index (χ1) is 7.18. The summed E-state index contributed by atoms with van der Waals surface area (Å²) in [5.41, 5.74) is 8.06. The first-order valence-corrected chi connectivity index (χ1v) is 6.80. The van der Waals surface area contributed by atoms with Crippen LogP contribution in [0.5, 0.6) is 0 Å². The van der Waals surface area contributed by atoms with Gasteiger partial charge < -0.3 is 5.73 Å². The lowest BCUT2D eigenvalue weighted by molar-refractivity contribution is 0.825. The van der Waals surface area contributed by atoms with E-state index in [-0.39, 0.29) is 6.04 Å². The van der Waals surface area contributed by atoms with E-state index in [1.54, 1.807) is 17.5 Å². The number of hydrogen-bond donors (Lipinski definition) is 1. The number of pyridine rings is 1. The molecule has 0 saturated carbocycles. The van der Waals surface area contributed by atoms with E-state index in [1.165, 1.54) is 0 Å². The molecule has 5 heteroatoms. The van der Waals surface area contributed by atoms with Crippen molar-refractivity contribution < 1.29 is 0 Å². The molecule has 0 bridgehead atoms. The average molecular weight is 348 g/mol. The van der Waals surface area contributed by atoms with E-state index in [4.69, 9.17) is 5.73 Å². The second kappa shape index (κ2) is 4.74. The van der Waals surface area contributed by atoms with Gasteiger partial charge in [0.25, 0.3) is 0 Å². The third kappa shape index (κ3) is 2.47. The molecule has 0 amide bonds. The second-order valence-corrected chi connectivity index (χ2v) is 5.60. The fourth-order valence-electron chi connectivity index (χ4n) is 1.26. The van der Waals surface area contributed by atoms with Crippen LogP contribution in [-0.4, -0.2) is 4.98 Å². The Morgan fingerprint density at radius 2 is 2.20 bits per heavy atom. The van der Waals surface area contributed by atoms with Gasteiger partial charge in [0, 0.05) is 15.1 Å². The van der Waals surface area contributed by atoms with Crippen LogP contribution in [0.25, 0.3) is 0 Å². The maximum atomic E-state index is 6.11. The van der Waals surface area contributed by atoms with Gasteiger partial charge in [0.05, 0.1) is 11.7 Å². The molecule has 15 heavy (non-hydrogen) atoms. The lowest BCUT2D eigenvalue weighted by atomic mass is 10.1. The molecule has 0 aromatic carbocycles. The molecule has 0 spiro atoms. The standard InChI is InChI=1S/C10H8Br2N2S/c11-7-3-8(12)10(14-4-7)9(13)6-1-2-15-5-6/h1-5,9H,13H2. The maximum Gasteiger partial charge on any atom is 0.0759 e. The molecule has 2 heterocycles. The summed E-state index contributed by atoms with van der Waals surface area (Å²) >= 11 is 8.47. The number of aromatic nitrogens is 1. The second-order valence-electron chi connectivity index (χ2n) is 3.05. The molecule has 2 N–H and O–H groups in total. The van der Waals surface area contributed by atoms with Gasteiger partial charge >= 0.3 is 0 Å². The van der Waals surface area contributed by atoms with Crippen molar-refractivity contribution in [3.63, 3.8) is 0 Å². The summed E-state index contributed by atoms with van der Waals surface area (Å²) in [5.74, 6) is 0. The van der Waals surface area contributed by atoms with Crippen molar-refractivity contribution in [2.24, 2.45) is 5.73 Å². The van der Waals surface area contributed by atoms with E-state index in [9.17, 15) is 0 Å². The minimum Gasteiger partial charge on any atom is -0.319 e. The third-order valence-corrected chi connectivity index (χ3v) is 3.80. The largest absolute Gasteiger partial charge is 0.319 e. The van der Waals surface area contributed by atoms with Gasteiger partial charge in [0.1, 0.15) is 0 Å². The van der Waals surface area contributed by atoms with Crippen LogP contribution in [0.15, 0.2) is 38.0 Å². The van der Waals surface area contributed by atoms with Crippen LogP contribution in [0.3, 0.4) is 0 Å². The SMILES string of the molecule is NC(c1ccsc1)c1ncc(Br)cc1Br. The van der Waals surface area contributed by atoms with E-state index in [1.807, 2.05) is 22.9 Å². The maximum absolute atomic E-state index is 6.11. The number of halogens is 2. The number of rotatable bonds is 2. The molecular formula is C10H8Br2N2S. The van der Waals surface area contributed by atoms with Gasteiger partial charge in [-0.05, 0) is 60.3 Å². The highest BCUT2D eigenvalue weighted by Gasteiger charge is 2.14. The zero-order chi connectivity index (χ0) is 10.8. The van der Waals surface area contributed by atoms with Gasteiger partial charge in [0.2, 0.25) is 0 Å². The monoisotopic (exact) mass is 346 g/mol. The molecule has 0 aliphatic rings. The predicted molar refractivity (Wildman–Crippen MR) is 70.0 cm³/mol. The number of nitrogens with zero attached hydrogens (tertiary/aromatic N) is 1. The molecule has 0 aliphatic carbocycles. The molecule has 2 rings (SSSR count). The van der Waals surface area contributed by atoms with E-state index in [0.29, 0.717) is 0 Å². The van der Waals surface area contributed by atoms with Crippen molar-refractivity contribution in [2.45, 2.75) is 6.04 Å². The molecule has 0 radical (unpaired) electrons. The van der Waals surface area contributed by atoms with Crippen LogP contribution in [-0.2, 0) is 0 Å². The van der Waals surface area contributed by atoms with Gasteiger partial charge in [-0.15, -0.1) is 0 Å². The number of nitrogens with two attached hydrogens (primary N) is 1. The highest BCUT2D eigenvalue weighted by molar-refractivity contribution is 9.11. The van der Waals surface area contributed by atoms with Gasteiger partial charge in [-0.2, -0.15) is 11.3 Å². The fraction of sp³-hybridized carbons (Fsp3) is 0.100. The van der Waals surface area contributed by atoms with Crippen LogP contribution >= 0.6 is 43.2 Å². The minimum atomic E-state index is -0.168. The van der Waals surface area contributed by atoms with Crippen molar-refractivity contribution in [1.82, 2.24) is 4.98 Å². The number of hydrogen-bond acceptors (Lipinski definition) is 3. The first-order valence-electron chi connectivity index (χ1n) is 4.27. The lowest BCUT2D eigenvalue weighted by Crippen LogP contribution is -2.13. The van der Waals surface area contributed by atoms with E-state index < -0.39 is 0 Å². The summed E-state index contributed by atoms with van der Waals surface area (Å²) in [6, 6.07) is 3.80. The van der Waals surface area contributed by atoms with Gasteiger partial charge in [0.15, 0.2) is 0 Å². The molecule has 0 fully saturated rings. The Morgan fingerprint density at radius 1 is 1.40 bits per heavy atom. The quantitative estimate of drug-likeness (QED) is 0.899. The summed E-state index contributed by atoms with van der Waals surface area (Å²) in [4.78, 5) is 4.32. The van der Waals surface area contributed by atoms with E-state index in [0.717, 1.165) is 20.2 Å². The summed E-state index contributed by atoms with van der Waals surface area (Å²) in [5, 5.41) is 4.06. The Balaban J connectivity index is 2.38. The van der Waals surface area contributed by atoms with Crippen molar-refractivity contribution in [2.75, 3.05) is 0 Å². The van der Waals surface area contributed by atoms with Crippen molar-refractivity contribution >= 4 is 43.2 Å². The first kappa shape index (κ1) is 11.3. The van der Waals surface area contributed by atoms with Crippen molar-refractivity contribution in [1.29, 1.82) is 0 Å². The van der Waals surface area contributed by atoms with Gasteiger partial charge in [-0.1, -0.05) is 0 Å². The Labute approximate surface area is 109 Å². The molecule has 0 saturated heterocycles. The summed E-state index contributed by atoms with van der Waals surface area (Å²) in [6.45, 7) is 0. The molecular weight excluding hydrogens is 340 g/mol. The Morgan fingerprint density at radius 3 is 2.80 bits per heavy atom. The zero-order valence-electron chi connectivity index (χ0n) is 7.65. The van der Waals surface area contributed by atoms with Crippen LogP contribution in [0, 0.1) is 0 Å². The summed E-state index contributed by atoms with van der Waals surface area (Å²) in [7, 11) is 0. The predicted octanol–water partition coefficient (Wildman–Crippen LogP) is 3.72. The Kier molecular flexibility index (Phi) is 3.56. The highest BCUT2D eigenvalue weighted by atomic mass is 79.9. The smallest absolute Gasteiger partial charge is 0.0759 e. The topological polar surface area (TPSA) is 38.9 Å². The Hall–Kier alpha value is -0.230. The van der Waals surface area contributed by atoms with Gasteiger partial charge in [-0.3, -0.25) is 4.98 Å². The Bertz CT molecular complexity index is 456. The third-order valence-electron chi connectivity index (χ3n) is 2.03. The fourth-order valence-corrected chi connectivity index (χ4v) is 3.19. The van der Waals surface area contributed by atoms with Crippen LogP contribution in [0.1, 0.15) is 17.3 Å². The van der Waals surface area contributed by atoms with E-state index >= 15 is 0 Å². The molecule has 1 unspecified atom stereocenters. The van der Waals surface area contributed by atoms with Crippen LogP contribution < -0.4 is 5.73 Å². The van der Waals surface area contributed by atoms with Crippen LogP contribution in [0.4, 0.5) is 0 Å².